The number of esters is 1. The standard InChI is InChI=1S/C17H14N2O7S/c20-15-11-3-1-2-4-12(11)16(21)19(15)9-25-17(22)13-7-8-14(26-13)27(23,24)18-10-5-6-10/h1-4,7-8,10,18H,5-6,9H2. The topological polar surface area (TPSA) is 123 Å². The number of nitrogens with one attached hydrogen (secondary N) is 1. The Labute approximate surface area is 153 Å². The van der Waals surface area contributed by atoms with Gasteiger partial charge in [-0.1, -0.05) is 12.1 Å². The van der Waals surface area contributed by atoms with Crippen molar-refractivity contribution < 1.29 is 32.0 Å². The molecular weight excluding hydrogens is 376 g/mol. The number of fused-ring (bicyclic) bond motifs is 1. The Bertz CT molecular complexity index is 1020. The molecule has 2 aromatic rings. The lowest BCUT2D eigenvalue weighted by atomic mass is 10.1. The maximum atomic E-state index is 12.2. The van der Waals surface area contributed by atoms with E-state index in [4.69, 9.17) is 9.15 Å². The molecule has 1 saturated carbocycles. The lowest BCUT2D eigenvalue weighted by Crippen LogP contribution is -2.33. The van der Waals surface area contributed by atoms with Gasteiger partial charge in [0.15, 0.2) is 6.73 Å². The van der Waals surface area contributed by atoms with Crippen molar-refractivity contribution >= 4 is 27.8 Å². The molecule has 2 aliphatic rings. The number of carbonyl (C=O) groups excluding carboxylic acids is 3. The van der Waals surface area contributed by atoms with Crippen molar-refractivity contribution in [3.05, 3.63) is 53.3 Å². The molecule has 140 valence electrons. The molecule has 1 aromatic carbocycles. The second kappa shape index (κ2) is 6.32. The van der Waals surface area contributed by atoms with Gasteiger partial charge in [0, 0.05) is 6.04 Å². The number of ether oxygens (including phenoxy) is 1. The average molecular weight is 390 g/mol. The van der Waals surface area contributed by atoms with Gasteiger partial charge < -0.3 is 9.15 Å². The van der Waals surface area contributed by atoms with E-state index >= 15 is 0 Å². The molecule has 4 rings (SSSR count). The number of rotatable bonds is 6. The molecule has 2 heterocycles. The molecular formula is C17H14N2O7S. The largest absolute Gasteiger partial charge is 0.438 e. The minimum absolute atomic E-state index is 0.107. The van der Waals surface area contributed by atoms with Gasteiger partial charge in [-0.3, -0.25) is 9.59 Å². The molecule has 0 radical (unpaired) electrons. The first kappa shape index (κ1) is 17.4. The van der Waals surface area contributed by atoms with Gasteiger partial charge >= 0.3 is 5.97 Å². The van der Waals surface area contributed by atoms with Gasteiger partial charge in [-0.25, -0.2) is 22.8 Å². The molecule has 1 fully saturated rings. The van der Waals surface area contributed by atoms with Crippen molar-refractivity contribution in [1.82, 2.24) is 9.62 Å². The Morgan fingerprint density at radius 2 is 1.74 bits per heavy atom. The number of nitrogens with zero attached hydrogens (tertiary/aromatic N) is 1. The molecule has 1 aromatic heterocycles. The van der Waals surface area contributed by atoms with Crippen LogP contribution in [0.1, 0.15) is 44.1 Å². The Morgan fingerprint density at radius 1 is 1.11 bits per heavy atom. The maximum absolute atomic E-state index is 12.2. The molecule has 0 atom stereocenters. The summed E-state index contributed by atoms with van der Waals surface area (Å²) in [6.07, 6.45) is 1.52. The first-order valence-electron chi connectivity index (χ1n) is 8.11. The van der Waals surface area contributed by atoms with Gasteiger partial charge in [-0.2, -0.15) is 0 Å². The Morgan fingerprint density at radius 3 is 2.33 bits per heavy atom. The predicted molar refractivity (Wildman–Crippen MR) is 89.3 cm³/mol. The minimum Gasteiger partial charge on any atom is -0.438 e. The smallest absolute Gasteiger partial charge is 0.376 e. The predicted octanol–water partition coefficient (Wildman–Crippen LogP) is 1.13. The summed E-state index contributed by atoms with van der Waals surface area (Å²) in [6.45, 7) is -0.603. The Balaban J connectivity index is 1.42. The van der Waals surface area contributed by atoms with E-state index in [0.717, 1.165) is 29.9 Å². The van der Waals surface area contributed by atoms with Crippen LogP contribution in [0.15, 0.2) is 45.9 Å². The van der Waals surface area contributed by atoms with Crippen molar-refractivity contribution in [2.45, 2.75) is 24.0 Å². The Kier molecular flexibility index (Phi) is 4.08. The number of hydrogen-bond acceptors (Lipinski definition) is 7. The third-order valence-electron chi connectivity index (χ3n) is 4.15. The summed E-state index contributed by atoms with van der Waals surface area (Å²) < 4.78 is 36.5. The fourth-order valence-electron chi connectivity index (χ4n) is 2.60. The quantitative estimate of drug-likeness (QED) is 0.579. The summed E-state index contributed by atoms with van der Waals surface area (Å²) in [5.41, 5.74) is 0.465. The summed E-state index contributed by atoms with van der Waals surface area (Å²) in [5, 5.41) is -0.401. The van der Waals surface area contributed by atoms with Crippen LogP contribution in [0, 0.1) is 0 Å². The van der Waals surface area contributed by atoms with Crippen LogP contribution in [0.5, 0.6) is 0 Å². The second-order valence-electron chi connectivity index (χ2n) is 6.16. The summed E-state index contributed by atoms with van der Waals surface area (Å²) in [5.74, 6) is -2.47. The van der Waals surface area contributed by atoms with Gasteiger partial charge in [0.1, 0.15) is 0 Å². The maximum Gasteiger partial charge on any atom is 0.376 e. The fourth-order valence-corrected chi connectivity index (χ4v) is 3.84. The van der Waals surface area contributed by atoms with Crippen LogP contribution in [0.2, 0.25) is 0 Å². The number of imide groups is 1. The van der Waals surface area contributed by atoms with Gasteiger partial charge in [-0.15, -0.1) is 0 Å². The third-order valence-corrected chi connectivity index (χ3v) is 5.54. The van der Waals surface area contributed by atoms with Gasteiger partial charge in [0.25, 0.3) is 21.8 Å². The number of furan rings is 1. The molecule has 10 heteroatoms. The number of hydrogen-bond donors (Lipinski definition) is 1. The number of amides is 2. The zero-order valence-corrected chi connectivity index (χ0v) is 14.7. The lowest BCUT2D eigenvalue weighted by molar-refractivity contribution is 0.0200. The first-order valence-corrected chi connectivity index (χ1v) is 9.59. The first-order chi connectivity index (χ1) is 12.9. The summed E-state index contributed by atoms with van der Waals surface area (Å²) in [6, 6.07) is 8.46. The van der Waals surface area contributed by atoms with E-state index < -0.39 is 39.6 Å². The zero-order valence-electron chi connectivity index (χ0n) is 13.9. The third kappa shape index (κ3) is 3.24. The van der Waals surface area contributed by atoms with E-state index in [-0.39, 0.29) is 22.9 Å². The summed E-state index contributed by atoms with van der Waals surface area (Å²) in [7, 11) is -3.84. The monoisotopic (exact) mass is 390 g/mol. The van der Waals surface area contributed by atoms with E-state index in [1.165, 1.54) is 12.1 Å². The van der Waals surface area contributed by atoms with Crippen LogP contribution in [0.3, 0.4) is 0 Å². The zero-order chi connectivity index (χ0) is 19.2. The number of carbonyl (C=O) groups is 3. The van der Waals surface area contributed by atoms with Crippen LogP contribution in [0.25, 0.3) is 0 Å². The van der Waals surface area contributed by atoms with E-state index in [1.54, 1.807) is 12.1 Å². The highest BCUT2D eigenvalue weighted by Crippen LogP contribution is 2.24. The molecule has 1 N–H and O–H groups in total. The SMILES string of the molecule is O=C(OCN1C(=O)c2ccccc2C1=O)c1ccc(S(=O)(=O)NC2CC2)o1. The highest BCUT2D eigenvalue weighted by molar-refractivity contribution is 7.89. The molecule has 1 aliphatic carbocycles. The van der Waals surface area contributed by atoms with Crippen molar-refractivity contribution in [3.63, 3.8) is 0 Å². The summed E-state index contributed by atoms with van der Waals surface area (Å²) >= 11 is 0. The molecule has 0 saturated heterocycles. The number of sulfonamides is 1. The summed E-state index contributed by atoms with van der Waals surface area (Å²) in [4.78, 5) is 37.3. The van der Waals surface area contributed by atoms with Crippen molar-refractivity contribution in [2.24, 2.45) is 0 Å². The van der Waals surface area contributed by atoms with Crippen molar-refractivity contribution in [3.8, 4) is 0 Å². The second-order valence-corrected chi connectivity index (χ2v) is 7.80. The molecule has 0 unspecified atom stereocenters. The average Bonchev–Trinajstić information content (AvgIpc) is 3.22. The van der Waals surface area contributed by atoms with Crippen molar-refractivity contribution in [2.75, 3.05) is 6.73 Å². The van der Waals surface area contributed by atoms with E-state index in [9.17, 15) is 22.8 Å². The van der Waals surface area contributed by atoms with Crippen LogP contribution in [0.4, 0.5) is 0 Å². The Hall–Kier alpha value is -2.98. The molecule has 0 bridgehead atoms. The number of benzene rings is 1. The molecule has 0 spiro atoms. The lowest BCUT2D eigenvalue weighted by Gasteiger charge is -2.13. The van der Waals surface area contributed by atoms with Gasteiger partial charge in [0.05, 0.1) is 11.1 Å². The van der Waals surface area contributed by atoms with Crippen LogP contribution in [-0.2, 0) is 14.8 Å². The molecule has 9 nitrogen and oxygen atoms in total. The van der Waals surface area contributed by atoms with Crippen LogP contribution in [-0.4, -0.2) is 43.9 Å². The van der Waals surface area contributed by atoms with E-state index in [2.05, 4.69) is 4.72 Å². The normalized spacial score (nSPS) is 16.5. The van der Waals surface area contributed by atoms with Crippen LogP contribution < -0.4 is 4.72 Å². The van der Waals surface area contributed by atoms with E-state index in [0.29, 0.717) is 0 Å². The highest BCUT2D eigenvalue weighted by Gasteiger charge is 2.36. The highest BCUT2D eigenvalue weighted by atomic mass is 32.2. The van der Waals surface area contributed by atoms with Gasteiger partial charge in [-0.05, 0) is 37.1 Å². The molecule has 27 heavy (non-hydrogen) atoms. The van der Waals surface area contributed by atoms with Gasteiger partial charge in [0.2, 0.25) is 10.9 Å². The minimum atomic E-state index is -3.84. The van der Waals surface area contributed by atoms with Crippen LogP contribution >= 0.6 is 0 Å². The van der Waals surface area contributed by atoms with E-state index in [1.807, 2.05) is 0 Å². The fraction of sp³-hybridized carbons (Fsp3) is 0.235. The van der Waals surface area contributed by atoms with Crippen molar-refractivity contribution in [1.29, 1.82) is 0 Å². The molecule has 2 amide bonds. The molecule has 1 aliphatic heterocycles.